The van der Waals surface area contributed by atoms with Crippen LogP contribution < -0.4 is 5.73 Å². The van der Waals surface area contributed by atoms with E-state index in [2.05, 4.69) is 34.6 Å². The van der Waals surface area contributed by atoms with E-state index in [1.165, 1.54) is 12.8 Å². The van der Waals surface area contributed by atoms with Gasteiger partial charge in [-0.3, -0.25) is 4.79 Å². The van der Waals surface area contributed by atoms with E-state index in [1.807, 2.05) is 4.90 Å². The van der Waals surface area contributed by atoms with Gasteiger partial charge in [0.1, 0.15) is 0 Å². The smallest absolute Gasteiger partial charge is 0.230 e. The van der Waals surface area contributed by atoms with E-state index in [0.29, 0.717) is 6.54 Å². The van der Waals surface area contributed by atoms with Crippen LogP contribution in [0.4, 0.5) is 0 Å². The molecule has 0 aliphatic rings. The first-order valence-corrected chi connectivity index (χ1v) is 7.50. The summed E-state index contributed by atoms with van der Waals surface area (Å²) in [6.07, 6.45) is 5.12. The molecule has 0 aromatic carbocycles. The lowest BCUT2D eigenvalue weighted by Crippen LogP contribution is -2.50. The van der Waals surface area contributed by atoms with Gasteiger partial charge in [0.05, 0.1) is 5.41 Å². The minimum Gasteiger partial charge on any atom is -0.340 e. The molecule has 0 atom stereocenters. The van der Waals surface area contributed by atoms with Gasteiger partial charge in [0, 0.05) is 19.1 Å². The number of carbonyl (C=O) groups is 1. The van der Waals surface area contributed by atoms with Gasteiger partial charge in [-0.05, 0) is 33.1 Å². The normalized spacial score (nSPS) is 11.9. The summed E-state index contributed by atoms with van der Waals surface area (Å²) in [5, 5.41) is 0. The molecule has 0 aromatic heterocycles. The van der Waals surface area contributed by atoms with Crippen LogP contribution >= 0.6 is 0 Å². The van der Waals surface area contributed by atoms with Crippen molar-refractivity contribution in [2.24, 2.45) is 11.1 Å². The number of nitrogens with zero attached hydrogens (tertiary/aromatic N) is 1. The number of hydrogen-bond acceptors (Lipinski definition) is 2. The fourth-order valence-electron chi connectivity index (χ4n) is 2.36. The van der Waals surface area contributed by atoms with Crippen molar-refractivity contribution in [3.8, 4) is 0 Å². The molecule has 0 aromatic rings. The first-order valence-electron chi connectivity index (χ1n) is 7.50. The third-order valence-electron chi connectivity index (χ3n) is 4.08. The van der Waals surface area contributed by atoms with Gasteiger partial charge in [-0.1, -0.05) is 33.6 Å². The van der Waals surface area contributed by atoms with E-state index >= 15 is 0 Å². The van der Waals surface area contributed by atoms with Crippen molar-refractivity contribution in [3.63, 3.8) is 0 Å². The minimum absolute atomic E-state index is 0.251. The summed E-state index contributed by atoms with van der Waals surface area (Å²) in [6, 6.07) is 0.262. The molecule has 3 nitrogen and oxygen atoms in total. The number of carbonyl (C=O) groups excluding carboxylic acids is 1. The molecule has 108 valence electrons. The number of nitrogens with two attached hydrogens (primary N) is 1. The van der Waals surface area contributed by atoms with E-state index in [-0.39, 0.29) is 17.4 Å². The summed E-state index contributed by atoms with van der Waals surface area (Å²) in [4.78, 5) is 14.8. The molecule has 0 rings (SSSR count). The van der Waals surface area contributed by atoms with Gasteiger partial charge in [0.25, 0.3) is 0 Å². The molecule has 2 N–H and O–H groups in total. The highest BCUT2D eigenvalue weighted by atomic mass is 16.2. The SMILES string of the molecule is CCCCCN(C(=O)C(CC)(CC)CN)C(C)C. The number of hydrogen-bond donors (Lipinski definition) is 1. The van der Waals surface area contributed by atoms with Crippen LogP contribution in [-0.4, -0.2) is 29.9 Å². The quantitative estimate of drug-likeness (QED) is 0.644. The molecule has 0 saturated heterocycles. The predicted molar refractivity (Wildman–Crippen MR) is 78.4 cm³/mol. The molecule has 3 heteroatoms. The maximum Gasteiger partial charge on any atom is 0.230 e. The Labute approximate surface area is 113 Å². The second kappa shape index (κ2) is 8.52. The molecule has 0 radical (unpaired) electrons. The summed E-state index contributed by atoms with van der Waals surface area (Å²) < 4.78 is 0. The molecule has 0 unspecified atom stereocenters. The molecule has 0 aliphatic heterocycles. The van der Waals surface area contributed by atoms with Gasteiger partial charge < -0.3 is 10.6 Å². The largest absolute Gasteiger partial charge is 0.340 e. The fraction of sp³-hybridized carbons (Fsp3) is 0.933. The van der Waals surface area contributed by atoms with Gasteiger partial charge in [-0.2, -0.15) is 0 Å². The third kappa shape index (κ3) is 4.27. The molecular weight excluding hydrogens is 224 g/mol. The van der Waals surface area contributed by atoms with Crippen molar-refractivity contribution in [3.05, 3.63) is 0 Å². The van der Waals surface area contributed by atoms with Gasteiger partial charge >= 0.3 is 0 Å². The van der Waals surface area contributed by atoms with Gasteiger partial charge in [0.15, 0.2) is 0 Å². The summed E-state index contributed by atoms with van der Waals surface area (Å²) in [6.45, 7) is 11.8. The Kier molecular flexibility index (Phi) is 8.25. The van der Waals surface area contributed by atoms with Crippen LogP contribution in [0.15, 0.2) is 0 Å². The van der Waals surface area contributed by atoms with Crippen molar-refractivity contribution >= 4 is 5.91 Å². The Balaban J connectivity index is 4.82. The lowest BCUT2D eigenvalue weighted by molar-refractivity contribution is -0.144. The molecule has 0 bridgehead atoms. The van der Waals surface area contributed by atoms with Gasteiger partial charge in [-0.25, -0.2) is 0 Å². The van der Waals surface area contributed by atoms with Crippen molar-refractivity contribution in [2.45, 2.75) is 72.8 Å². The molecule has 0 spiro atoms. The van der Waals surface area contributed by atoms with E-state index in [4.69, 9.17) is 5.73 Å². The molecule has 0 saturated carbocycles. The van der Waals surface area contributed by atoms with Crippen molar-refractivity contribution in [1.82, 2.24) is 4.90 Å². The molecule has 0 aliphatic carbocycles. The highest BCUT2D eigenvalue weighted by Crippen LogP contribution is 2.28. The van der Waals surface area contributed by atoms with E-state index in [1.54, 1.807) is 0 Å². The molecule has 1 amide bonds. The first kappa shape index (κ1) is 17.4. The highest BCUT2D eigenvalue weighted by Gasteiger charge is 2.37. The zero-order valence-electron chi connectivity index (χ0n) is 13.0. The topological polar surface area (TPSA) is 46.3 Å². The van der Waals surface area contributed by atoms with E-state index in [9.17, 15) is 4.79 Å². The number of amides is 1. The summed E-state index contributed by atoms with van der Waals surface area (Å²) in [7, 11) is 0. The van der Waals surface area contributed by atoms with Crippen molar-refractivity contribution in [1.29, 1.82) is 0 Å². The second-order valence-electron chi connectivity index (χ2n) is 5.49. The third-order valence-corrected chi connectivity index (χ3v) is 4.08. The van der Waals surface area contributed by atoms with Crippen LogP contribution in [0.3, 0.4) is 0 Å². The number of unbranched alkanes of at least 4 members (excludes halogenated alkanes) is 2. The molecule has 0 fully saturated rings. The van der Waals surface area contributed by atoms with E-state index < -0.39 is 0 Å². The Hall–Kier alpha value is -0.570. The van der Waals surface area contributed by atoms with Gasteiger partial charge in [-0.15, -0.1) is 0 Å². The van der Waals surface area contributed by atoms with Crippen LogP contribution in [-0.2, 0) is 4.79 Å². The maximum atomic E-state index is 12.7. The molecule has 18 heavy (non-hydrogen) atoms. The molecular formula is C15H32N2O. The maximum absolute atomic E-state index is 12.7. The Morgan fingerprint density at radius 2 is 1.72 bits per heavy atom. The summed E-state index contributed by atoms with van der Waals surface area (Å²) in [5.41, 5.74) is 5.52. The van der Waals surface area contributed by atoms with Crippen molar-refractivity contribution in [2.75, 3.05) is 13.1 Å². The Morgan fingerprint density at radius 1 is 1.17 bits per heavy atom. The van der Waals surface area contributed by atoms with Crippen LogP contribution in [0.25, 0.3) is 0 Å². The van der Waals surface area contributed by atoms with Crippen molar-refractivity contribution < 1.29 is 4.79 Å². The molecule has 0 heterocycles. The van der Waals surface area contributed by atoms with Crippen LogP contribution in [0.1, 0.15) is 66.7 Å². The van der Waals surface area contributed by atoms with E-state index in [0.717, 1.165) is 25.8 Å². The fourth-order valence-corrected chi connectivity index (χ4v) is 2.36. The lowest BCUT2D eigenvalue weighted by atomic mass is 9.80. The highest BCUT2D eigenvalue weighted by molar-refractivity contribution is 5.83. The summed E-state index contributed by atoms with van der Waals surface area (Å²) >= 11 is 0. The number of rotatable bonds is 9. The lowest BCUT2D eigenvalue weighted by Gasteiger charge is -2.37. The average molecular weight is 256 g/mol. The zero-order valence-corrected chi connectivity index (χ0v) is 13.0. The predicted octanol–water partition coefficient (Wildman–Crippen LogP) is 3.18. The first-order chi connectivity index (χ1) is 8.48. The van der Waals surface area contributed by atoms with Gasteiger partial charge in [0.2, 0.25) is 5.91 Å². The van der Waals surface area contributed by atoms with Crippen LogP contribution in [0.2, 0.25) is 0 Å². The second-order valence-corrected chi connectivity index (χ2v) is 5.49. The minimum atomic E-state index is -0.351. The van der Waals surface area contributed by atoms with Crippen LogP contribution in [0, 0.1) is 5.41 Å². The average Bonchev–Trinajstić information content (AvgIpc) is 2.37. The Morgan fingerprint density at radius 3 is 2.06 bits per heavy atom. The zero-order chi connectivity index (χ0) is 14.2. The monoisotopic (exact) mass is 256 g/mol. The summed E-state index contributed by atoms with van der Waals surface area (Å²) in [5.74, 6) is 0.251. The van der Waals surface area contributed by atoms with Crippen LogP contribution in [0.5, 0.6) is 0 Å². The standard InChI is InChI=1S/C15H32N2O/c1-6-9-10-11-17(13(4)5)14(18)15(7-2,8-3)12-16/h13H,6-12,16H2,1-5H3. The Bertz CT molecular complexity index is 226.